The smallest absolute Gasteiger partial charge is 0.179 e. The average Bonchev–Trinajstić information content (AvgIpc) is 1.57. The van der Waals surface area contributed by atoms with Crippen molar-refractivity contribution in [3.8, 4) is 44.8 Å². The SMILES string of the molecule is [2H]c1c([2H])c([2H])c(-c2cccc(-n3c4c([2H])c([2H])c([2H])c([2H])c4c4c([2H])c(-c5c([2H])c([2H])c([2H])c([2H])c5-c5c([2H])c([2H])c6c(c5[2H])c5c([2H])c([2H])c([2H])c([2H])c5n6-c5c([2H])c([2H])c([2H])c([Si](c6c([2H])c([2H])c([2H])c([2H])c6[2H])(c6c([2H])c([2H])c([2H])c([2H])c6[2H])c6c([2H])c([2H])c([2H])c([2H])c6[2H])c5[2H])c([2H])c([2H])c43)c2)c([2H])c1[2H]. The molecule has 0 fully saturated rings. The summed E-state index contributed by atoms with van der Waals surface area (Å²) >= 11 is 0. The molecule has 0 aliphatic carbocycles. The number of fused-ring (bicyclic) bond motifs is 6. The van der Waals surface area contributed by atoms with Crippen LogP contribution in [0.2, 0.25) is 0 Å². The zero-order valence-electron chi connectivity index (χ0n) is 76.7. The molecule has 0 saturated heterocycles. The van der Waals surface area contributed by atoms with Crippen LogP contribution in [0.1, 0.15) is 57.6 Å². The Labute approximate surface area is 462 Å². The summed E-state index contributed by atoms with van der Waals surface area (Å²) in [5.74, 6) is 0. The van der Waals surface area contributed by atoms with Gasteiger partial charge in [0.2, 0.25) is 0 Å². The van der Waals surface area contributed by atoms with Crippen LogP contribution < -0.4 is 20.7 Å². The minimum Gasteiger partial charge on any atom is -0.309 e. The number of benzene rings is 11. The Hall–Kier alpha value is -8.76. The van der Waals surface area contributed by atoms with Crippen molar-refractivity contribution >= 4 is 72.4 Å². The molecule has 2 nitrogen and oxygen atoms in total. The van der Waals surface area contributed by atoms with Crippen LogP contribution in [0.4, 0.5) is 0 Å². The molecule has 2 heterocycles. The van der Waals surface area contributed by atoms with Gasteiger partial charge in [-0.05, 0) is 115 Å². The van der Waals surface area contributed by atoms with Gasteiger partial charge in [0.25, 0.3) is 0 Å². The number of nitrogens with zero attached hydrogens (tertiary/aromatic N) is 2. The van der Waals surface area contributed by atoms with Gasteiger partial charge in [-0.25, -0.2) is 0 Å². The lowest BCUT2D eigenvalue weighted by molar-refractivity contribution is 1.18. The Morgan fingerprint density at radius 3 is 1.26 bits per heavy atom. The van der Waals surface area contributed by atoms with E-state index < -0.39 is 354 Å². The molecule has 13 rings (SSSR count). The van der Waals surface area contributed by atoms with Gasteiger partial charge in [0, 0.05) is 32.9 Å². The second-order valence-electron chi connectivity index (χ2n) is 14.8. The molecule has 0 radical (unpaired) electrons. The summed E-state index contributed by atoms with van der Waals surface area (Å²) in [5.41, 5.74) is -9.14. The van der Waals surface area contributed by atoms with E-state index in [1.807, 2.05) is 0 Å². The summed E-state index contributed by atoms with van der Waals surface area (Å²) in [6.45, 7) is 0. The van der Waals surface area contributed by atoms with Crippen molar-refractivity contribution in [2.45, 2.75) is 0 Å². The minimum absolute atomic E-state index is 0.0700. The van der Waals surface area contributed by atoms with Crippen LogP contribution in [-0.2, 0) is 0 Å². The summed E-state index contributed by atoms with van der Waals surface area (Å²) in [7, 11) is -6.68. The van der Waals surface area contributed by atoms with E-state index in [4.69, 9.17) is 27.4 Å². The summed E-state index contributed by atoms with van der Waals surface area (Å²) in [5, 5.41) is -8.27. The Morgan fingerprint density at radius 2 is 0.725 bits per heavy atom. The molecule has 0 bridgehead atoms. The Balaban J connectivity index is 1.22. The fourth-order valence-electron chi connectivity index (χ4n) is 8.34. The molecule has 0 N–H and O–H groups in total. The first-order chi connectivity index (χ1) is 51.7. The van der Waals surface area contributed by atoms with Gasteiger partial charge in [0.15, 0.2) is 8.07 Å². The molecule has 0 aliphatic rings. The second kappa shape index (κ2) is 16.8. The molecule has 2 aromatic heterocycles. The fourth-order valence-corrected chi connectivity index (χ4v) is 11.9. The van der Waals surface area contributed by atoms with Gasteiger partial charge in [-0.3, -0.25) is 0 Å². The number of rotatable bonds is 9. The standard InChI is InChI=1S/C66H46N2Si/c1-5-21-47(22-6-1)48-23-19-24-51(43-48)67-63-37-17-15-35-59(63)61-44-49(39-41-65(61)67)57-33-13-14-34-58(57)50-40-42-66-62(45-50)60-36-16-18-38-64(60)68(66)52-25-20-32-56(46-52)69(53-26-7-2-8-27-53,54-28-9-3-10-29-54)55-30-11-4-12-31-55/h1-46H/i1D,2D,3D,4D,5D,6D,7D,8D,9D,10D,11D,12D,13D,14D,15D,16D,17D,18D,20D,21D,22D,25D,26D,27D,28D,29D,30D,31D,32D,33D,34D,35D,36D,37D,38D,39D,40D,41D,42D,44D,45D,46D. The molecule has 0 spiro atoms. The lowest BCUT2D eigenvalue weighted by Gasteiger charge is -2.34. The molecule has 69 heavy (non-hydrogen) atoms. The highest BCUT2D eigenvalue weighted by Crippen LogP contribution is 2.41. The molecule has 0 saturated carbocycles. The lowest BCUT2D eigenvalue weighted by atomic mass is 9.93. The Morgan fingerprint density at radius 1 is 0.290 bits per heavy atom. The maximum atomic E-state index is 10.6. The quantitative estimate of drug-likeness (QED) is 0.101. The Bertz CT molecular complexity index is 6270. The van der Waals surface area contributed by atoms with Crippen LogP contribution in [-0.4, -0.2) is 17.2 Å². The molecule has 3 heteroatoms. The first kappa shape index (κ1) is 16.2. The highest BCUT2D eigenvalue weighted by Gasteiger charge is 2.41. The summed E-state index contributed by atoms with van der Waals surface area (Å²) in [4.78, 5) is 0. The maximum absolute atomic E-state index is 10.6. The molecular weight excluding hydrogens is 849 g/mol. The van der Waals surface area contributed by atoms with E-state index in [0.29, 0.717) is 4.57 Å². The van der Waals surface area contributed by atoms with Crippen molar-refractivity contribution < 1.29 is 57.6 Å². The number of aromatic nitrogens is 2. The van der Waals surface area contributed by atoms with Crippen molar-refractivity contribution in [3.63, 3.8) is 0 Å². The maximum Gasteiger partial charge on any atom is 0.179 e. The normalized spacial score (nSPS) is 20.3. The van der Waals surface area contributed by atoms with Crippen molar-refractivity contribution in [2.75, 3.05) is 0 Å². The van der Waals surface area contributed by atoms with Crippen molar-refractivity contribution in [1.29, 1.82) is 0 Å². The van der Waals surface area contributed by atoms with Crippen LogP contribution >= 0.6 is 0 Å². The first-order valence-corrected chi connectivity index (χ1v) is 22.4. The predicted octanol–water partition coefficient (Wildman–Crippen LogP) is 14.3. The topological polar surface area (TPSA) is 9.86 Å². The summed E-state index contributed by atoms with van der Waals surface area (Å²) in [6, 6.07) is -44.0. The summed E-state index contributed by atoms with van der Waals surface area (Å²) in [6.07, 6.45) is 0. The van der Waals surface area contributed by atoms with E-state index in [2.05, 4.69) is 0 Å². The molecular formula is C66H46N2Si. The third kappa shape index (κ3) is 6.70. The van der Waals surface area contributed by atoms with Gasteiger partial charge < -0.3 is 9.13 Å². The summed E-state index contributed by atoms with van der Waals surface area (Å²) < 4.78 is 394. The largest absolute Gasteiger partial charge is 0.309 e. The van der Waals surface area contributed by atoms with Gasteiger partial charge in [-0.15, -0.1) is 0 Å². The van der Waals surface area contributed by atoms with Crippen molar-refractivity contribution in [1.82, 2.24) is 9.13 Å². The van der Waals surface area contributed by atoms with Gasteiger partial charge in [-0.2, -0.15) is 0 Å². The van der Waals surface area contributed by atoms with E-state index in [-0.39, 0.29) is 16.8 Å². The monoisotopic (exact) mass is 937 g/mol. The van der Waals surface area contributed by atoms with Gasteiger partial charge in [-0.1, -0.05) is 218 Å². The molecule has 0 amide bonds. The molecule has 0 aliphatic heterocycles. The van der Waals surface area contributed by atoms with E-state index >= 15 is 0 Å². The molecule has 0 unspecified atom stereocenters. The van der Waals surface area contributed by atoms with Crippen LogP contribution in [0, 0.1) is 0 Å². The number of hydrogen-bond donors (Lipinski definition) is 0. The third-order valence-corrected chi connectivity index (χ3v) is 15.2. The molecule has 324 valence electrons. The van der Waals surface area contributed by atoms with Crippen LogP contribution in [0.15, 0.2) is 278 Å². The van der Waals surface area contributed by atoms with Gasteiger partial charge in [0.1, 0.15) is 0 Å². The zero-order chi connectivity index (χ0) is 82.3. The lowest BCUT2D eigenvalue weighted by Crippen LogP contribution is -2.74. The first-order valence-electron chi connectivity index (χ1n) is 41.4. The van der Waals surface area contributed by atoms with E-state index in [0.717, 1.165) is 4.57 Å². The van der Waals surface area contributed by atoms with Gasteiger partial charge >= 0.3 is 0 Å². The third-order valence-electron chi connectivity index (χ3n) is 11.2. The van der Waals surface area contributed by atoms with Crippen molar-refractivity contribution in [3.05, 3.63) is 278 Å². The van der Waals surface area contributed by atoms with E-state index in [1.165, 1.54) is 24.3 Å². The van der Waals surface area contributed by atoms with Crippen molar-refractivity contribution in [2.24, 2.45) is 0 Å². The Kier molecular flexibility index (Phi) is 3.95. The van der Waals surface area contributed by atoms with E-state index in [9.17, 15) is 30.2 Å². The number of para-hydroxylation sites is 2. The zero-order valence-corrected chi connectivity index (χ0v) is 35.7. The second-order valence-corrected chi connectivity index (χ2v) is 18.3. The number of hydrogen-bond acceptors (Lipinski definition) is 0. The molecule has 11 aromatic carbocycles. The predicted molar refractivity (Wildman–Crippen MR) is 295 cm³/mol. The van der Waals surface area contributed by atoms with Crippen LogP contribution in [0.3, 0.4) is 0 Å². The highest BCUT2D eigenvalue weighted by atomic mass is 28.3. The minimum atomic E-state index is -6.68. The van der Waals surface area contributed by atoms with Crippen LogP contribution in [0.25, 0.3) is 88.4 Å². The average molecular weight is 937 g/mol. The molecule has 13 aromatic rings. The highest BCUT2D eigenvalue weighted by molar-refractivity contribution is 7.19. The fraction of sp³-hybridized carbons (Fsp3) is 0. The van der Waals surface area contributed by atoms with Crippen LogP contribution in [0.5, 0.6) is 0 Å². The van der Waals surface area contributed by atoms with E-state index in [1.54, 1.807) is 0 Å². The van der Waals surface area contributed by atoms with Gasteiger partial charge in [0.05, 0.1) is 79.6 Å². The molecule has 0 atom stereocenters.